The predicted octanol–water partition coefficient (Wildman–Crippen LogP) is 2.31. The van der Waals surface area contributed by atoms with Crippen molar-refractivity contribution in [1.82, 2.24) is 5.32 Å². The SMILES string of the molecule is Cc1cc(C)c(OC(C)N[C@H](C)CO)c(C)c1. The Labute approximate surface area is 104 Å². The van der Waals surface area contributed by atoms with Crippen molar-refractivity contribution in [3.8, 4) is 5.75 Å². The molecule has 0 amide bonds. The standard InChI is InChI=1S/C14H23NO2/c1-9-6-10(2)14(11(3)7-9)17-13(5)15-12(4)8-16/h6-7,12-13,15-16H,8H2,1-5H3/t12-,13?/m1/s1. The fraction of sp³-hybridized carbons (Fsp3) is 0.571. The molecular weight excluding hydrogens is 214 g/mol. The summed E-state index contributed by atoms with van der Waals surface area (Å²) in [5.41, 5.74) is 3.54. The smallest absolute Gasteiger partial charge is 0.147 e. The lowest BCUT2D eigenvalue weighted by molar-refractivity contribution is 0.143. The summed E-state index contributed by atoms with van der Waals surface area (Å²) in [6.07, 6.45) is -0.114. The first-order valence-corrected chi connectivity index (χ1v) is 6.05. The molecule has 0 heterocycles. The molecule has 3 heteroatoms. The first-order valence-electron chi connectivity index (χ1n) is 6.05. The number of nitrogens with one attached hydrogen (secondary N) is 1. The lowest BCUT2D eigenvalue weighted by Gasteiger charge is -2.22. The van der Waals surface area contributed by atoms with Gasteiger partial charge in [0.05, 0.1) is 6.61 Å². The van der Waals surface area contributed by atoms with Crippen molar-refractivity contribution in [1.29, 1.82) is 0 Å². The van der Waals surface area contributed by atoms with Crippen molar-refractivity contribution in [2.24, 2.45) is 0 Å². The predicted molar refractivity (Wildman–Crippen MR) is 70.4 cm³/mol. The molecule has 1 aromatic carbocycles. The van der Waals surface area contributed by atoms with Gasteiger partial charge in [0.15, 0.2) is 0 Å². The highest BCUT2D eigenvalue weighted by Gasteiger charge is 2.11. The second-order valence-electron chi connectivity index (χ2n) is 4.74. The van der Waals surface area contributed by atoms with Gasteiger partial charge in [-0.3, -0.25) is 5.32 Å². The second-order valence-corrected chi connectivity index (χ2v) is 4.74. The highest BCUT2D eigenvalue weighted by molar-refractivity contribution is 5.43. The number of aliphatic hydroxyl groups excluding tert-OH is 1. The molecule has 0 bridgehead atoms. The van der Waals surface area contributed by atoms with E-state index in [0.717, 1.165) is 16.9 Å². The Bertz CT molecular complexity index is 353. The number of aryl methyl sites for hydroxylation is 3. The van der Waals surface area contributed by atoms with Gasteiger partial charge in [0.25, 0.3) is 0 Å². The number of rotatable bonds is 5. The quantitative estimate of drug-likeness (QED) is 0.772. The molecule has 0 aliphatic heterocycles. The summed E-state index contributed by atoms with van der Waals surface area (Å²) in [7, 11) is 0. The lowest BCUT2D eigenvalue weighted by Crippen LogP contribution is -2.40. The van der Waals surface area contributed by atoms with Crippen molar-refractivity contribution in [2.75, 3.05) is 6.61 Å². The summed E-state index contributed by atoms with van der Waals surface area (Å²) in [6.45, 7) is 10.2. The Morgan fingerprint density at radius 1 is 1.18 bits per heavy atom. The Balaban J connectivity index is 2.74. The maximum Gasteiger partial charge on any atom is 0.147 e. The number of hydrogen-bond donors (Lipinski definition) is 2. The van der Waals surface area contributed by atoms with E-state index >= 15 is 0 Å². The molecule has 1 rings (SSSR count). The van der Waals surface area contributed by atoms with E-state index in [1.165, 1.54) is 5.56 Å². The molecule has 0 aromatic heterocycles. The van der Waals surface area contributed by atoms with Crippen LogP contribution in [0.25, 0.3) is 0 Å². The van der Waals surface area contributed by atoms with Crippen LogP contribution in [-0.2, 0) is 0 Å². The molecule has 0 saturated heterocycles. The third-order valence-corrected chi connectivity index (χ3v) is 2.69. The van der Waals surface area contributed by atoms with E-state index in [9.17, 15) is 0 Å². The highest BCUT2D eigenvalue weighted by atomic mass is 16.5. The zero-order valence-corrected chi connectivity index (χ0v) is 11.4. The molecule has 0 aliphatic rings. The van der Waals surface area contributed by atoms with E-state index in [1.54, 1.807) is 0 Å². The van der Waals surface area contributed by atoms with Crippen LogP contribution in [0.5, 0.6) is 5.75 Å². The molecule has 2 atom stereocenters. The first kappa shape index (κ1) is 14.0. The molecule has 1 unspecified atom stereocenters. The minimum Gasteiger partial charge on any atom is -0.475 e. The van der Waals surface area contributed by atoms with Crippen LogP contribution >= 0.6 is 0 Å². The summed E-state index contributed by atoms with van der Waals surface area (Å²) < 4.78 is 5.88. The molecule has 0 fully saturated rings. The fourth-order valence-electron chi connectivity index (χ4n) is 2.02. The van der Waals surface area contributed by atoms with Crippen molar-refractivity contribution in [3.05, 3.63) is 28.8 Å². The third kappa shape index (κ3) is 4.02. The molecule has 0 radical (unpaired) electrons. The lowest BCUT2D eigenvalue weighted by atomic mass is 10.1. The fourth-order valence-corrected chi connectivity index (χ4v) is 2.02. The van der Waals surface area contributed by atoms with Gasteiger partial charge in [-0.05, 0) is 45.7 Å². The third-order valence-electron chi connectivity index (χ3n) is 2.69. The highest BCUT2D eigenvalue weighted by Crippen LogP contribution is 2.25. The van der Waals surface area contributed by atoms with Crippen LogP contribution in [0.3, 0.4) is 0 Å². The van der Waals surface area contributed by atoms with Crippen LogP contribution in [0.2, 0.25) is 0 Å². The van der Waals surface area contributed by atoms with E-state index in [4.69, 9.17) is 9.84 Å². The summed E-state index contributed by atoms with van der Waals surface area (Å²) >= 11 is 0. The van der Waals surface area contributed by atoms with Crippen LogP contribution in [0.1, 0.15) is 30.5 Å². The number of hydrogen-bond acceptors (Lipinski definition) is 3. The summed E-state index contributed by atoms with van der Waals surface area (Å²) in [5, 5.41) is 12.2. The van der Waals surface area contributed by atoms with Crippen LogP contribution in [0.4, 0.5) is 0 Å². The van der Waals surface area contributed by atoms with Crippen LogP contribution in [0, 0.1) is 20.8 Å². The van der Waals surface area contributed by atoms with Gasteiger partial charge in [0.1, 0.15) is 12.0 Å². The van der Waals surface area contributed by atoms with Gasteiger partial charge in [-0.1, -0.05) is 17.7 Å². The average Bonchev–Trinajstić information content (AvgIpc) is 2.23. The van der Waals surface area contributed by atoms with Crippen LogP contribution in [0.15, 0.2) is 12.1 Å². The molecular formula is C14H23NO2. The van der Waals surface area contributed by atoms with E-state index < -0.39 is 0 Å². The largest absolute Gasteiger partial charge is 0.475 e. The summed E-state index contributed by atoms with van der Waals surface area (Å²) in [5.74, 6) is 0.931. The number of aliphatic hydroxyl groups is 1. The maximum absolute atomic E-state index is 8.98. The van der Waals surface area contributed by atoms with Gasteiger partial charge in [-0.2, -0.15) is 0 Å². The summed E-state index contributed by atoms with van der Waals surface area (Å²) in [4.78, 5) is 0. The Morgan fingerprint density at radius 2 is 1.71 bits per heavy atom. The molecule has 0 aliphatic carbocycles. The Kier molecular flexibility index (Phi) is 4.97. The maximum atomic E-state index is 8.98. The van der Waals surface area contributed by atoms with E-state index in [0.29, 0.717) is 0 Å². The van der Waals surface area contributed by atoms with Crippen molar-refractivity contribution in [3.63, 3.8) is 0 Å². The molecule has 17 heavy (non-hydrogen) atoms. The van der Waals surface area contributed by atoms with E-state index in [1.807, 2.05) is 13.8 Å². The van der Waals surface area contributed by atoms with Gasteiger partial charge in [-0.15, -0.1) is 0 Å². The Morgan fingerprint density at radius 3 is 2.18 bits per heavy atom. The zero-order valence-electron chi connectivity index (χ0n) is 11.4. The second kappa shape index (κ2) is 6.03. The molecule has 96 valence electrons. The van der Waals surface area contributed by atoms with E-state index in [2.05, 4.69) is 38.2 Å². The van der Waals surface area contributed by atoms with Crippen molar-refractivity contribution in [2.45, 2.75) is 46.9 Å². The van der Waals surface area contributed by atoms with Gasteiger partial charge in [0, 0.05) is 6.04 Å². The molecule has 0 saturated carbocycles. The van der Waals surface area contributed by atoms with Gasteiger partial charge < -0.3 is 9.84 Å². The summed E-state index contributed by atoms with van der Waals surface area (Å²) in [6, 6.07) is 4.27. The monoisotopic (exact) mass is 237 g/mol. The normalized spacial score (nSPS) is 14.5. The van der Waals surface area contributed by atoms with Crippen LogP contribution in [-0.4, -0.2) is 24.0 Å². The van der Waals surface area contributed by atoms with E-state index in [-0.39, 0.29) is 18.9 Å². The number of ether oxygens (including phenoxy) is 1. The minimum atomic E-state index is -0.114. The van der Waals surface area contributed by atoms with Crippen molar-refractivity contribution >= 4 is 0 Å². The van der Waals surface area contributed by atoms with Crippen molar-refractivity contribution < 1.29 is 9.84 Å². The first-order chi connectivity index (χ1) is 7.93. The van der Waals surface area contributed by atoms with Gasteiger partial charge >= 0.3 is 0 Å². The molecule has 3 nitrogen and oxygen atoms in total. The topological polar surface area (TPSA) is 41.5 Å². The zero-order chi connectivity index (χ0) is 13.0. The minimum absolute atomic E-state index is 0.0380. The average molecular weight is 237 g/mol. The molecule has 2 N–H and O–H groups in total. The van der Waals surface area contributed by atoms with Gasteiger partial charge in [-0.25, -0.2) is 0 Å². The molecule has 0 spiro atoms. The number of benzene rings is 1. The molecule has 1 aromatic rings. The van der Waals surface area contributed by atoms with Crippen LogP contribution < -0.4 is 10.1 Å². The Hall–Kier alpha value is -1.06. The van der Waals surface area contributed by atoms with Gasteiger partial charge in [0.2, 0.25) is 0 Å².